The van der Waals surface area contributed by atoms with Gasteiger partial charge in [0, 0.05) is 5.56 Å². The van der Waals surface area contributed by atoms with Gasteiger partial charge in [-0.25, -0.2) is 8.42 Å². The minimum atomic E-state index is -3.73. The van der Waals surface area contributed by atoms with Crippen molar-refractivity contribution in [3.63, 3.8) is 0 Å². The maximum atomic E-state index is 12.6. The molecule has 0 spiro atoms. The summed E-state index contributed by atoms with van der Waals surface area (Å²) in [5.74, 6) is 0.692. The van der Waals surface area contributed by atoms with E-state index in [9.17, 15) is 8.42 Å². The molecule has 3 aromatic rings. The Labute approximate surface area is 151 Å². The largest absolute Gasteiger partial charge is 0.361 e. The number of hydrogen-bond donors (Lipinski definition) is 1. The zero-order valence-corrected chi connectivity index (χ0v) is 15.6. The molecular weight excluding hydrogens is 360 g/mol. The summed E-state index contributed by atoms with van der Waals surface area (Å²) in [6.07, 6.45) is 0. The van der Waals surface area contributed by atoms with Crippen molar-refractivity contribution in [1.29, 1.82) is 0 Å². The lowest BCUT2D eigenvalue weighted by molar-refractivity contribution is 0.393. The monoisotopic (exact) mass is 376 g/mol. The number of anilines is 1. The van der Waals surface area contributed by atoms with Gasteiger partial charge >= 0.3 is 0 Å². The summed E-state index contributed by atoms with van der Waals surface area (Å²) < 4.78 is 32.8. The second-order valence-electron chi connectivity index (χ2n) is 5.81. The van der Waals surface area contributed by atoms with E-state index in [1.807, 2.05) is 20.8 Å². The van der Waals surface area contributed by atoms with Gasteiger partial charge in [-0.15, -0.1) is 0 Å². The van der Waals surface area contributed by atoms with Crippen LogP contribution in [-0.2, 0) is 10.0 Å². The summed E-state index contributed by atoms with van der Waals surface area (Å²) in [4.78, 5) is 0.152. The average Bonchev–Trinajstić information content (AvgIpc) is 2.89. The van der Waals surface area contributed by atoms with Crippen LogP contribution in [0.15, 0.2) is 51.9 Å². The third-order valence-corrected chi connectivity index (χ3v) is 5.55. The van der Waals surface area contributed by atoms with E-state index in [1.165, 1.54) is 0 Å². The second kappa shape index (κ2) is 6.54. The molecule has 3 rings (SSSR count). The fourth-order valence-electron chi connectivity index (χ4n) is 2.60. The van der Waals surface area contributed by atoms with Crippen molar-refractivity contribution in [1.82, 2.24) is 5.16 Å². The Morgan fingerprint density at radius 1 is 1.04 bits per heavy atom. The van der Waals surface area contributed by atoms with Crippen molar-refractivity contribution >= 4 is 27.3 Å². The molecule has 0 bridgehead atoms. The van der Waals surface area contributed by atoms with E-state index in [0.29, 0.717) is 16.5 Å². The van der Waals surface area contributed by atoms with Crippen LogP contribution in [0.3, 0.4) is 0 Å². The molecule has 7 heteroatoms. The maximum absolute atomic E-state index is 12.6. The number of nitrogens with one attached hydrogen (secondary N) is 1. The molecule has 1 aromatic heterocycles. The van der Waals surface area contributed by atoms with E-state index in [0.717, 1.165) is 22.4 Å². The van der Waals surface area contributed by atoms with E-state index < -0.39 is 10.0 Å². The minimum Gasteiger partial charge on any atom is -0.361 e. The highest BCUT2D eigenvalue weighted by molar-refractivity contribution is 7.92. The summed E-state index contributed by atoms with van der Waals surface area (Å²) in [5.41, 5.74) is 3.79. The van der Waals surface area contributed by atoms with Crippen LogP contribution in [0.4, 0.5) is 5.69 Å². The fourth-order valence-corrected chi connectivity index (χ4v) is 4.02. The predicted molar refractivity (Wildman–Crippen MR) is 98.4 cm³/mol. The van der Waals surface area contributed by atoms with Gasteiger partial charge in [0.15, 0.2) is 0 Å². The number of benzene rings is 2. The average molecular weight is 377 g/mol. The van der Waals surface area contributed by atoms with Crippen molar-refractivity contribution in [2.75, 3.05) is 4.72 Å². The van der Waals surface area contributed by atoms with Gasteiger partial charge in [-0.2, -0.15) is 0 Å². The van der Waals surface area contributed by atoms with Gasteiger partial charge in [-0.3, -0.25) is 4.72 Å². The van der Waals surface area contributed by atoms with Crippen LogP contribution in [0.5, 0.6) is 0 Å². The first-order chi connectivity index (χ1) is 11.8. The van der Waals surface area contributed by atoms with Gasteiger partial charge in [-0.05, 0) is 56.2 Å². The lowest BCUT2D eigenvalue weighted by atomic mass is 10.0. The molecule has 1 heterocycles. The molecule has 0 amide bonds. The summed E-state index contributed by atoms with van der Waals surface area (Å²) in [6, 6.07) is 11.7. The number of hydrogen-bond acceptors (Lipinski definition) is 4. The Morgan fingerprint density at radius 2 is 1.72 bits per heavy atom. The smallest absolute Gasteiger partial charge is 0.261 e. The highest BCUT2D eigenvalue weighted by Gasteiger charge is 2.17. The van der Waals surface area contributed by atoms with Crippen LogP contribution in [0, 0.1) is 20.8 Å². The Hall–Kier alpha value is -2.31. The van der Waals surface area contributed by atoms with E-state index in [2.05, 4.69) is 9.88 Å². The Kier molecular flexibility index (Phi) is 4.58. The minimum absolute atomic E-state index is 0.152. The molecule has 130 valence electrons. The number of sulfonamides is 1. The Morgan fingerprint density at radius 3 is 2.28 bits per heavy atom. The molecule has 5 nitrogen and oxygen atoms in total. The fraction of sp³-hybridized carbons (Fsp3) is 0.167. The third-order valence-electron chi connectivity index (χ3n) is 3.86. The zero-order valence-electron chi connectivity index (χ0n) is 14.0. The molecule has 0 saturated carbocycles. The summed E-state index contributed by atoms with van der Waals surface area (Å²) in [5, 5.41) is 4.27. The van der Waals surface area contributed by atoms with Crippen LogP contribution in [-0.4, -0.2) is 13.6 Å². The first-order valence-electron chi connectivity index (χ1n) is 7.60. The van der Waals surface area contributed by atoms with Crippen molar-refractivity contribution in [2.45, 2.75) is 25.7 Å². The lowest BCUT2D eigenvalue weighted by Crippen LogP contribution is -2.13. The molecule has 0 atom stereocenters. The summed E-state index contributed by atoms with van der Waals surface area (Å²) in [6.45, 7) is 5.55. The normalized spacial score (nSPS) is 11.5. The lowest BCUT2D eigenvalue weighted by Gasteiger charge is -2.11. The van der Waals surface area contributed by atoms with Crippen LogP contribution < -0.4 is 4.72 Å². The highest BCUT2D eigenvalue weighted by Crippen LogP contribution is 2.29. The zero-order chi connectivity index (χ0) is 18.2. The molecule has 0 aliphatic rings. The topological polar surface area (TPSA) is 72.2 Å². The molecule has 2 aromatic carbocycles. The van der Waals surface area contributed by atoms with Crippen molar-refractivity contribution in [3.8, 4) is 11.1 Å². The second-order valence-corrected chi connectivity index (χ2v) is 7.90. The molecule has 0 fully saturated rings. The van der Waals surface area contributed by atoms with Crippen molar-refractivity contribution in [2.24, 2.45) is 0 Å². The first-order valence-corrected chi connectivity index (χ1v) is 9.46. The number of halogens is 1. The third kappa shape index (κ3) is 3.55. The summed E-state index contributed by atoms with van der Waals surface area (Å²) >= 11 is 6.11. The standard InChI is InChI=1S/C18H17ClN2O3S/c1-11-4-9-17(16(19)10-11)21-25(22,23)15-7-5-14(6-8-15)18-12(2)20-24-13(18)3/h4-10,21H,1-3H3. The van der Waals surface area contributed by atoms with Gasteiger partial charge < -0.3 is 4.52 Å². The SMILES string of the molecule is Cc1ccc(NS(=O)(=O)c2ccc(-c3c(C)noc3C)cc2)c(Cl)c1. The van der Waals surface area contributed by atoms with E-state index in [-0.39, 0.29) is 4.90 Å². The molecule has 0 radical (unpaired) electrons. The first kappa shape index (κ1) is 17.5. The molecule has 0 unspecified atom stereocenters. The van der Waals surface area contributed by atoms with Crippen LogP contribution in [0.1, 0.15) is 17.0 Å². The molecule has 25 heavy (non-hydrogen) atoms. The molecule has 0 aliphatic heterocycles. The van der Waals surface area contributed by atoms with Gasteiger partial charge in [0.05, 0.1) is 21.3 Å². The number of nitrogens with zero attached hydrogens (tertiary/aromatic N) is 1. The van der Waals surface area contributed by atoms with Crippen LogP contribution in [0.25, 0.3) is 11.1 Å². The molecule has 0 saturated heterocycles. The van der Waals surface area contributed by atoms with E-state index in [4.69, 9.17) is 16.1 Å². The Balaban J connectivity index is 1.91. The number of aromatic nitrogens is 1. The number of rotatable bonds is 4. The van der Waals surface area contributed by atoms with Crippen LogP contribution in [0.2, 0.25) is 5.02 Å². The van der Waals surface area contributed by atoms with Crippen molar-refractivity contribution in [3.05, 3.63) is 64.5 Å². The number of aryl methyl sites for hydroxylation is 3. The quantitative estimate of drug-likeness (QED) is 0.715. The Bertz CT molecular complexity index is 1010. The van der Waals surface area contributed by atoms with Gasteiger partial charge in [-0.1, -0.05) is 35.0 Å². The summed E-state index contributed by atoms with van der Waals surface area (Å²) in [7, 11) is -3.73. The van der Waals surface area contributed by atoms with Gasteiger partial charge in [0.2, 0.25) is 0 Å². The van der Waals surface area contributed by atoms with Crippen LogP contribution >= 0.6 is 11.6 Å². The predicted octanol–water partition coefficient (Wildman–Crippen LogP) is 4.72. The van der Waals surface area contributed by atoms with Gasteiger partial charge in [0.1, 0.15) is 5.76 Å². The molecular formula is C18H17ClN2O3S. The van der Waals surface area contributed by atoms with E-state index >= 15 is 0 Å². The maximum Gasteiger partial charge on any atom is 0.261 e. The molecule has 1 N–H and O–H groups in total. The van der Waals surface area contributed by atoms with Crippen molar-refractivity contribution < 1.29 is 12.9 Å². The van der Waals surface area contributed by atoms with Gasteiger partial charge in [0.25, 0.3) is 10.0 Å². The van der Waals surface area contributed by atoms with E-state index in [1.54, 1.807) is 42.5 Å². The highest BCUT2D eigenvalue weighted by atomic mass is 35.5. The molecule has 0 aliphatic carbocycles.